The molecule has 2 heterocycles. The third-order valence-corrected chi connectivity index (χ3v) is 4.92. The maximum absolute atomic E-state index is 12.6. The summed E-state index contributed by atoms with van der Waals surface area (Å²) < 4.78 is 42.1. The number of nitrogens with zero attached hydrogens (tertiary/aromatic N) is 3. The molecule has 0 aliphatic carbocycles. The highest BCUT2D eigenvalue weighted by Gasteiger charge is 2.38. The largest absolute Gasteiger partial charge is 0.471 e. The normalized spacial score (nSPS) is 11.4. The Balaban J connectivity index is 1.44. The Hall–Kier alpha value is -3.53. The maximum Gasteiger partial charge on any atom is 0.471 e. The molecule has 0 aliphatic heterocycles. The minimum Gasteiger partial charge on any atom is -0.346 e. The Morgan fingerprint density at radius 3 is 2.53 bits per heavy atom. The van der Waals surface area contributed by atoms with Gasteiger partial charge in [-0.05, 0) is 12.1 Å². The first-order valence-electron chi connectivity index (χ1n) is 8.69. The molecule has 10 heteroatoms. The topological polar surface area (TPSA) is 80.9 Å². The first-order chi connectivity index (χ1) is 14.4. The van der Waals surface area contributed by atoms with Gasteiger partial charge in [0.05, 0.1) is 12.2 Å². The van der Waals surface area contributed by atoms with Crippen LogP contribution in [0.2, 0.25) is 0 Å². The molecule has 0 bridgehead atoms. The molecule has 2 aromatic carbocycles. The molecule has 0 radical (unpaired) electrons. The van der Waals surface area contributed by atoms with Crippen LogP contribution in [0.25, 0.3) is 22.6 Å². The average Bonchev–Trinajstić information content (AvgIpc) is 3.43. The number of hydrogen-bond donors (Lipinski definition) is 1. The molecule has 1 amide bonds. The van der Waals surface area contributed by atoms with Gasteiger partial charge in [0.2, 0.25) is 5.82 Å². The van der Waals surface area contributed by atoms with Crippen LogP contribution in [-0.4, -0.2) is 21.0 Å². The Labute approximate surface area is 172 Å². The lowest BCUT2D eigenvalue weighted by Gasteiger charge is -2.04. The summed E-state index contributed by atoms with van der Waals surface area (Å²) in [6, 6.07) is 15.6. The van der Waals surface area contributed by atoms with E-state index in [-0.39, 0.29) is 23.5 Å². The van der Waals surface area contributed by atoms with Gasteiger partial charge in [-0.2, -0.15) is 18.2 Å². The number of carbonyl (C=O) groups is 1. The quantitative estimate of drug-likeness (QED) is 0.492. The number of rotatable bonds is 5. The zero-order valence-electron chi connectivity index (χ0n) is 15.2. The van der Waals surface area contributed by atoms with Crippen molar-refractivity contribution in [3.8, 4) is 22.6 Å². The minimum absolute atomic E-state index is 0.223. The molecule has 4 aromatic rings. The monoisotopic (exact) mass is 430 g/mol. The Morgan fingerprint density at radius 1 is 1.03 bits per heavy atom. The molecule has 0 fully saturated rings. The number of carbonyl (C=O) groups excluding carboxylic acids is 1. The predicted octanol–water partition coefficient (Wildman–Crippen LogP) is 4.81. The second kappa shape index (κ2) is 8.07. The van der Waals surface area contributed by atoms with Crippen LogP contribution in [0.4, 0.5) is 13.2 Å². The van der Waals surface area contributed by atoms with E-state index in [1.807, 2.05) is 35.7 Å². The maximum atomic E-state index is 12.6. The van der Waals surface area contributed by atoms with Crippen LogP contribution >= 0.6 is 11.3 Å². The minimum atomic E-state index is -4.73. The van der Waals surface area contributed by atoms with Crippen LogP contribution in [0, 0.1) is 0 Å². The van der Waals surface area contributed by atoms with Crippen molar-refractivity contribution >= 4 is 17.2 Å². The van der Waals surface area contributed by atoms with Crippen molar-refractivity contribution < 1.29 is 22.5 Å². The Kier molecular flexibility index (Phi) is 5.32. The van der Waals surface area contributed by atoms with E-state index in [1.165, 1.54) is 29.5 Å². The third kappa shape index (κ3) is 4.38. The van der Waals surface area contributed by atoms with Gasteiger partial charge in [-0.3, -0.25) is 4.79 Å². The highest BCUT2D eigenvalue weighted by molar-refractivity contribution is 7.09. The van der Waals surface area contributed by atoms with Crippen molar-refractivity contribution in [2.45, 2.75) is 12.7 Å². The van der Waals surface area contributed by atoms with E-state index in [1.54, 1.807) is 6.07 Å². The van der Waals surface area contributed by atoms with E-state index in [0.717, 1.165) is 16.3 Å². The molecule has 0 saturated carbocycles. The number of amides is 1. The summed E-state index contributed by atoms with van der Waals surface area (Å²) in [4.78, 5) is 20.3. The highest BCUT2D eigenvalue weighted by Crippen LogP contribution is 2.29. The number of halogens is 3. The lowest BCUT2D eigenvalue weighted by molar-refractivity contribution is -0.159. The first-order valence-corrected chi connectivity index (χ1v) is 9.57. The van der Waals surface area contributed by atoms with Crippen LogP contribution in [0.3, 0.4) is 0 Å². The van der Waals surface area contributed by atoms with Gasteiger partial charge in [0.1, 0.15) is 5.01 Å². The van der Waals surface area contributed by atoms with Crippen LogP contribution in [0.1, 0.15) is 21.3 Å². The van der Waals surface area contributed by atoms with Crippen LogP contribution < -0.4 is 5.32 Å². The van der Waals surface area contributed by atoms with Crippen LogP contribution in [0.5, 0.6) is 0 Å². The number of thiazole rings is 1. The molecule has 0 saturated heterocycles. The second-order valence-corrected chi connectivity index (χ2v) is 7.12. The van der Waals surface area contributed by atoms with Crippen molar-refractivity contribution in [2.24, 2.45) is 0 Å². The molecule has 2 aromatic heterocycles. The van der Waals surface area contributed by atoms with E-state index >= 15 is 0 Å². The molecule has 0 aliphatic rings. The van der Waals surface area contributed by atoms with Gasteiger partial charge in [-0.25, -0.2) is 4.98 Å². The smallest absolute Gasteiger partial charge is 0.346 e. The Bertz CT molecular complexity index is 1170. The zero-order chi connectivity index (χ0) is 21.1. The average molecular weight is 430 g/mol. The van der Waals surface area contributed by atoms with Crippen LogP contribution in [-0.2, 0) is 12.7 Å². The molecule has 4 rings (SSSR count). The third-order valence-electron chi connectivity index (χ3n) is 4.07. The van der Waals surface area contributed by atoms with Gasteiger partial charge in [-0.1, -0.05) is 47.6 Å². The fourth-order valence-corrected chi connectivity index (χ4v) is 3.39. The molecule has 6 nitrogen and oxygen atoms in total. The van der Waals surface area contributed by atoms with E-state index in [9.17, 15) is 18.0 Å². The van der Waals surface area contributed by atoms with E-state index < -0.39 is 18.0 Å². The number of hydrogen-bond acceptors (Lipinski definition) is 6. The van der Waals surface area contributed by atoms with Gasteiger partial charge >= 0.3 is 12.1 Å². The van der Waals surface area contributed by atoms with E-state index in [0.29, 0.717) is 0 Å². The summed E-state index contributed by atoms with van der Waals surface area (Å²) in [5.74, 6) is -2.08. The summed E-state index contributed by atoms with van der Waals surface area (Å²) in [6.07, 6.45) is -4.73. The summed E-state index contributed by atoms with van der Waals surface area (Å²) >= 11 is 1.42. The fourth-order valence-electron chi connectivity index (χ4n) is 2.65. The molecular weight excluding hydrogens is 417 g/mol. The summed E-state index contributed by atoms with van der Waals surface area (Å²) in [6.45, 7) is 0.223. The van der Waals surface area contributed by atoms with Gasteiger partial charge in [0.15, 0.2) is 0 Å². The van der Waals surface area contributed by atoms with Crippen LogP contribution in [0.15, 0.2) is 64.5 Å². The SMILES string of the molecule is O=C(NCc1nc(-c2ccccc2)cs1)c1cccc(-c2noc(C(F)(F)F)n2)c1. The summed E-state index contributed by atoms with van der Waals surface area (Å²) in [7, 11) is 0. The van der Waals surface area contributed by atoms with Crippen molar-refractivity contribution in [3.05, 3.63) is 76.4 Å². The molecule has 0 spiro atoms. The van der Waals surface area contributed by atoms with Gasteiger partial charge in [-0.15, -0.1) is 11.3 Å². The fraction of sp³-hybridized carbons (Fsp3) is 0.100. The van der Waals surface area contributed by atoms with Crippen molar-refractivity contribution in [1.29, 1.82) is 0 Å². The van der Waals surface area contributed by atoms with Gasteiger partial charge in [0.25, 0.3) is 5.91 Å². The Morgan fingerprint density at radius 2 is 1.80 bits per heavy atom. The molecule has 30 heavy (non-hydrogen) atoms. The molecule has 1 N–H and O–H groups in total. The summed E-state index contributed by atoms with van der Waals surface area (Å²) in [5.41, 5.74) is 2.30. The summed E-state index contributed by atoms with van der Waals surface area (Å²) in [5, 5.41) is 8.72. The standard InChI is InChI=1S/C20H13F3N4O2S/c21-20(22,23)19-26-17(27-29-19)13-7-4-8-14(9-13)18(28)24-10-16-25-15(11-30-16)12-5-2-1-3-6-12/h1-9,11H,10H2,(H,24,28). The number of aromatic nitrogens is 3. The van der Waals surface area contributed by atoms with E-state index in [4.69, 9.17) is 0 Å². The molecular formula is C20H13F3N4O2S. The molecule has 152 valence electrons. The molecule has 0 unspecified atom stereocenters. The van der Waals surface area contributed by atoms with Crippen molar-refractivity contribution in [3.63, 3.8) is 0 Å². The lowest BCUT2D eigenvalue weighted by atomic mass is 10.1. The second-order valence-electron chi connectivity index (χ2n) is 6.18. The van der Waals surface area contributed by atoms with Crippen molar-refractivity contribution in [1.82, 2.24) is 20.4 Å². The first kappa shape index (κ1) is 19.8. The number of nitrogens with one attached hydrogen (secondary N) is 1. The highest BCUT2D eigenvalue weighted by atomic mass is 32.1. The molecule has 0 atom stereocenters. The van der Waals surface area contributed by atoms with E-state index in [2.05, 4.69) is 25.0 Å². The van der Waals surface area contributed by atoms with Gasteiger partial charge in [0, 0.05) is 22.1 Å². The number of benzene rings is 2. The van der Waals surface area contributed by atoms with Crippen molar-refractivity contribution in [2.75, 3.05) is 0 Å². The lowest BCUT2D eigenvalue weighted by Crippen LogP contribution is -2.22. The van der Waals surface area contributed by atoms with Gasteiger partial charge < -0.3 is 9.84 Å². The number of alkyl halides is 3. The predicted molar refractivity (Wildman–Crippen MR) is 103 cm³/mol. The zero-order valence-corrected chi connectivity index (χ0v) is 16.0.